The summed E-state index contributed by atoms with van der Waals surface area (Å²) in [5, 5.41) is 10.6. The zero-order valence-electron chi connectivity index (χ0n) is 13.4. The van der Waals surface area contributed by atoms with Gasteiger partial charge in [0.15, 0.2) is 0 Å². The summed E-state index contributed by atoms with van der Waals surface area (Å²) in [6.45, 7) is 8.57. The van der Waals surface area contributed by atoms with E-state index in [-0.39, 0.29) is 16.9 Å². The highest BCUT2D eigenvalue weighted by atomic mass is 16.5. The third kappa shape index (κ3) is 1.99. The Bertz CT molecular complexity index is 507. The third-order valence-corrected chi connectivity index (χ3v) is 5.39. The predicted molar refractivity (Wildman–Crippen MR) is 80.7 cm³/mol. The summed E-state index contributed by atoms with van der Waals surface area (Å²) < 4.78 is 11.0. The fourth-order valence-electron chi connectivity index (χ4n) is 3.50. The molecule has 3 heteroatoms. The van der Waals surface area contributed by atoms with E-state index in [1.54, 1.807) is 14.2 Å². The summed E-state index contributed by atoms with van der Waals surface area (Å²) in [5.74, 6) is 1.68. The highest BCUT2D eigenvalue weighted by Crippen LogP contribution is 2.56. The van der Waals surface area contributed by atoms with Crippen molar-refractivity contribution in [3.8, 4) is 11.5 Å². The van der Waals surface area contributed by atoms with Gasteiger partial charge in [-0.1, -0.05) is 20.8 Å². The average Bonchev–Trinajstić information content (AvgIpc) is 2.62. The number of aryl methyl sites for hydroxylation is 1. The summed E-state index contributed by atoms with van der Waals surface area (Å²) >= 11 is 0. The van der Waals surface area contributed by atoms with E-state index in [1.165, 1.54) is 0 Å². The van der Waals surface area contributed by atoms with Crippen molar-refractivity contribution in [2.45, 2.75) is 52.1 Å². The molecule has 3 nitrogen and oxygen atoms in total. The van der Waals surface area contributed by atoms with Crippen LogP contribution in [0.4, 0.5) is 0 Å². The zero-order valence-corrected chi connectivity index (χ0v) is 13.4. The van der Waals surface area contributed by atoms with E-state index >= 15 is 0 Å². The van der Waals surface area contributed by atoms with Crippen LogP contribution in [0.5, 0.6) is 11.5 Å². The van der Waals surface area contributed by atoms with Crippen molar-refractivity contribution in [3.63, 3.8) is 0 Å². The van der Waals surface area contributed by atoms with Gasteiger partial charge in [-0.15, -0.1) is 0 Å². The van der Waals surface area contributed by atoms with E-state index in [4.69, 9.17) is 9.47 Å². The normalized spacial score (nSPS) is 28.4. The first-order valence-electron chi connectivity index (χ1n) is 7.19. The van der Waals surface area contributed by atoms with E-state index in [1.807, 2.05) is 19.1 Å². The van der Waals surface area contributed by atoms with Gasteiger partial charge in [0.2, 0.25) is 0 Å². The Labute approximate surface area is 121 Å². The third-order valence-electron chi connectivity index (χ3n) is 5.39. The number of aliphatic hydroxyl groups excluding tert-OH is 1. The quantitative estimate of drug-likeness (QED) is 0.920. The van der Waals surface area contributed by atoms with Crippen LogP contribution in [0.2, 0.25) is 0 Å². The number of hydrogen-bond donors (Lipinski definition) is 1. The second-order valence-electron chi connectivity index (χ2n) is 6.66. The number of aliphatic hydroxyl groups is 1. The van der Waals surface area contributed by atoms with E-state index in [9.17, 15) is 5.11 Å². The maximum Gasteiger partial charge on any atom is 0.123 e. The minimum atomic E-state index is -0.362. The average molecular weight is 278 g/mol. The first kappa shape index (κ1) is 15.2. The molecule has 0 radical (unpaired) electrons. The van der Waals surface area contributed by atoms with Crippen molar-refractivity contribution >= 4 is 0 Å². The highest BCUT2D eigenvalue weighted by molar-refractivity contribution is 5.51. The maximum atomic E-state index is 10.6. The van der Waals surface area contributed by atoms with Crippen LogP contribution in [0, 0.1) is 12.3 Å². The number of ether oxygens (including phenoxy) is 2. The molecule has 0 bridgehead atoms. The Morgan fingerprint density at radius 1 is 1.10 bits per heavy atom. The van der Waals surface area contributed by atoms with Gasteiger partial charge in [-0.2, -0.15) is 0 Å². The molecule has 1 aromatic rings. The summed E-state index contributed by atoms with van der Waals surface area (Å²) in [4.78, 5) is 0. The highest BCUT2D eigenvalue weighted by Gasteiger charge is 2.53. The molecular formula is C17H26O3. The lowest BCUT2D eigenvalue weighted by Gasteiger charge is -2.42. The number of methoxy groups -OCH3 is 2. The Morgan fingerprint density at radius 2 is 1.70 bits per heavy atom. The standard InChI is InChI=1S/C17H26O3/c1-11-9-14(20-6)12(10-13(11)19-5)17(4)15(18)7-8-16(17,2)3/h9-10,15,18H,7-8H2,1-6H3. The van der Waals surface area contributed by atoms with Gasteiger partial charge in [-0.25, -0.2) is 0 Å². The molecule has 2 unspecified atom stereocenters. The molecule has 1 saturated carbocycles. The molecule has 2 rings (SSSR count). The lowest BCUT2D eigenvalue weighted by Crippen LogP contribution is -2.42. The summed E-state index contributed by atoms with van der Waals surface area (Å²) in [6, 6.07) is 4.03. The first-order valence-corrected chi connectivity index (χ1v) is 7.19. The minimum absolute atomic E-state index is 0.0139. The summed E-state index contributed by atoms with van der Waals surface area (Å²) in [5.41, 5.74) is 1.76. The van der Waals surface area contributed by atoms with Crippen LogP contribution in [0.3, 0.4) is 0 Å². The molecule has 1 fully saturated rings. The maximum absolute atomic E-state index is 10.6. The van der Waals surface area contributed by atoms with Gasteiger partial charge in [-0.05, 0) is 42.9 Å². The van der Waals surface area contributed by atoms with Gasteiger partial charge in [0.05, 0.1) is 20.3 Å². The van der Waals surface area contributed by atoms with Crippen molar-refractivity contribution in [3.05, 3.63) is 23.3 Å². The second kappa shape index (κ2) is 4.96. The van der Waals surface area contributed by atoms with Gasteiger partial charge >= 0.3 is 0 Å². The fraction of sp³-hybridized carbons (Fsp3) is 0.647. The molecule has 1 aliphatic carbocycles. The van der Waals surface area contributed by atoms with E-state index in [2.05, 4.69) is 20.8 Å². The Kier molecular flexibility index (Phi) is 3.76. The van der Waals surface area contributed by atoms with Crippen molar-refractivity contribution in [2.75, 3.05) is 14.2 Å². The molecule has 0 aliphatic heterocycles. The van der Waals surface area contributed by atoms with Gasteiger partial charge in [0, 0.05) is 11.0 Å². The van der Waals surface area contributed by atoms with Crippen LogP contribution in [-0.4, -0.2) is 25.4 Å². The summed E-state index contributed by atoms with van der Waals surface area (Å²) in [7, 11) is 3.36. The fourth-order valence-corrected chi connectivity index (χ4v) is 3.50. The van der Waals surface area contributed by atoms with Crippen molar-refractivity contribution in [1.82, 2.24) is 0 Å². The monoisotopic (exact) mass is 278 g/mol. The van der Waals surface area contributed by atoms with Gasteiger partial charge in [0.25, 0.3) is 0 Å². The number of benzene rings is 1. The summed E-state index contributed by atoms with van der Waals surface area (Å²) in [6.07, 6.45) is 1.46. The smallest absolute Gasteiger partial charge is 0.123 e. The van der Waals surface area contributed by atoms with Crippen LogP contribution < -0.4 is 9.47 Å². The van der Waals surface area contributed by atoms with E-state index < -0.39 is 0 Å². The topological polar surface area (TPSA) is 38.7 Å². The van der Waals surface area contributed by atoms with Crippen molar-refractivity contribution < 1.29 is 14.6 Å². The molecule has 0 aromatic heterocycles. The molecule has 0 saturated heterocycles. The number of rotatable bonds is 3. The molecule has 0 amide bonds. The first-order chi connectivity index (χ1) is 9.27. The van der Waals surface area contributed by atoms with Crippen LogP contribution in [0.1, 0.15) is 44.7 Å². The lowest BCUT2D eigenvalue weighted by atomic mass is 9.64. The van der Waals surface area contributed by atoms with Crippen LogP contribution in [-0.2, 0) is 5.41 Å². The van der Waals surface area contributed by atoms with Gasteiger partial charge in [-0.3, -0.25) is 0 Å². The molecule has 20 heavy (non-hydrogen) atoms. The van der Waals surface area contributed by atoms with Gasteiger partial charge < -0.3 is 14.6 Å². The van der Waals surface area contributed by atoms with Gasteiger partial charge in [0.1, 0.15) is 11.5 Å². The van der Waals surface area contributed by atoms with Crippen molar-refractivity contribution in [1.29, 1.82) is 0 Å². The molecule has 1 aliphatic rings. The molecule has 1 aromatic carbocycles. The number of hydrogen-bond acceptors (Lipinski definition) is 3. The Morgan fingerprint density at radius 3 is 2.15 bits per heavy atom. The van der Waals surface area contributed by atoms with E-state index in [0.717, 1.165) is 35.5 Å². The lowest BCUT2D eigenvalue weighted by molar-refractivity contribution is 0.0680. The predicted octanol–water partition coefficient (Wildman–Crippen LogP) is 3.45. The molecule has 112 valence electrons. The minimum Gasteiger partial charge on any atom is -0.496 e. The Balaban J connectivity index is 2.67. The van der Waals surface area contributed by atoms with Crippen LogP contribution in [0.15, 0.2) is 12.1 Å². The largest absolute Gasteiger partial charge is 0.496 e. The second-order valence-corrected chi connectivity index (χ2v) is 6.66. The van der Waals surface area contributed by atoms with Crippen LogP contribution >= 0.6 is 0 Å². The molecule has 2 atom stereocenters. The van der Waals surface area contributed by atoms with E-state index in [0.29, 0.717) is 0 Å². The SMILES string of the molecule is COc1cc(C2(C)C(O)CCC2(C)C)c(OC)cc1C. The molecule has 0 heterocycles. The molecular weight excluding hydrogens is 252 g/mol. The zero-order chi connectivity index (χ0) is 15.1. The van der Waals surface area contributed by atoms with Crippen LogP contribution in [0.25, 0.3) is 0 Å². The Hall–Kier alpha value is -1.22. The van der Waals surface area contributed by atoms with Crippen molar-refractivity contribution in [2.24, 2.45) is 5.41 Å². The molecule has 1 N–H and O–H groups in total. The molecule has 0 spiro atoms.